The van der Waals surface area contributed by atoms with Crippen molar-refractivity contribution < 1.29 is 9.90 Å². The minimum absolute atomic E-state index is 0.0306. The van der Waals surface area contributed by atoms with Gasteiger partial charge in [0.15, 0.2) is 0 Å². The largest absolute Gasteiger partial charge is 0.508 e. The lowest BCUT2D eigenvalue weighted by Gasteiger charge is -2.15. The van der Waals surface area contributed by atoms with Gasteiger partial charge in [-0.1, -0.05) is 18.2 Å². The van der Waals surface area contributed by atoms with Gasteiger partial charge in [-0.25, -0.2) is 4.79 Å². The molecule has 0 saturated carbocycles. The third-order valence-electron chi connectivity index (χ3n) is 3.94. The van der Waals surface area contributed by atoms with Gasteiger partial charge >= 0.3 is 6.03 Å². The molecule has 2 amide bonds. The molecule has 0 aliphatic heterocycles. The van der Waals surface area contributed by atoms with Gasteiger partial charge in [0.25, 0.3) is 0 Å². The summed E-state index contributed by atoms with van der Waals surface area (Å²) in [5, 5.41) is 15.6. The molecule has 2 aromatic rings. The van der Waals surface area contributed by atoms with Gasteiger partial charge in [0.05, 0.1) is 6.04 Å². The number of nitrogens with one attached hydrogen (secondary N) is 2. The van der Waals surface area contributed by atoms with E-state index in [1.807, 2.05) is 30.3 Å². The second-order valence-electron chi connectivity index (χ2n) is 5.41. The molecule has 0 bridgehead atoms. The van der Waals surface area contributed by atoms with E-state index in [2.05, 4.69) is 15.6 Å². The number of fused-ring (bicyclic) bond motifs is 1. The summed E-state index contributed by atoms with van der Waals surface area (Å²) < 4.78 is 0. The number of hydrogen-bond donors (Lipinski definition) is 3. The maximum atomic E-state index is 12.0. The van der Waals surface area contributed by atoms with Crippen LogP contribution in [0.25, 0.3) is 0 Å². The van der Waals surface area contributed by atoms with Crippen LogP contribution in [0.3, 0.4) is 0 Å². The fourth-order valence-electron chi connectivity index (χ4n) is 2.84. The quantitative estimate of drug-likeness (QED) is 0.810. The highest BCUT2D eigenvalue weighted by atomic mass is 16.3. The molecule has 114 valence electrons. The van der Waals surface area contributed by atoms with Crippen molar-refractivity contribution in [3.8, 4) is 5.75 Å². The maximum absolute atomic E-state index is 12.0. The zero-order valence-corrected chi connectivity index (χ0v) is 12.2. The molecule has 22 heavy (non-hydrogen) atoms. The summed E-state index contributed by atoms with van der Waals surface area (Å²) in [6.45, 7) is 0.544. The van der Waals surface area contributed by atoms with E-state index in [1.54, 1.807) is 12.3 Å². The summed E-state index contributed by atoms with van der Waals surface area (Å²) in [6.07, 6.45) is 4.06. The Hall–Kier alpha value is -2.56. The number of carbonyl (C=O) groups is 1. The van der Waals surface area contributed by atoms with Crippen molar-refractivity contribution in [1.29, 1.82) is 0 Å². The van der Waals surface area contributed by atoms with Crippen molar-refractivity contribution in [2.24, 2.45) is 0 Å². The van der Waals surface area contributed by atoms with E-state index < -0.39 is 0 Å². The molecule has 0 unspecified atom stereocenters. The first-order valence-corrected chi connectivity index (χ1v) is 7.49. The number of pyridine rings is 1. The molecular formula is C17H19N3O2. The first-order chi connectivity index (χ1) is 10.7. The number of aromatic nitrogens is 1. The molecule has 1 heterocycles. The lowest BCUT2D eigenvalue weighted by atomic mass is 10.1. The van der Waals surface area contributed by atoms with E-state index in [9.17, 15) is 9.90 Å². The minimum atomic E-state index is -0.183. The summed E-state index contributed by atoms with van der Waals surface area (Å²) in [7, 11) is 0. The summed E-state index contributed by atoms with van der Waals surface area (Å²) in [6, 6.07) is 11.0. The molecule has 0 spiro atoms. The van der Waals surface area contributed by atoms with Crippen LogP contribution in [0.1, 0.15) is 29.3 Å². The van der Waals surface area contributed by atoms with Gasteiger partial charge in [0, 0.05) is 24.9 Å². The van der Waals surface area contributed by atoms with Gasteiger partial charge in [-0.3, -0.25) is 4.98 Å². The van der Waals surface area contributed by atoms with Gasteiger partial charge in [0.2, 0.25) is 0 Å². The van der Waals surface area contributed by atoms with Gasteiger partial charge in [0.1, 0.15) is 5.75 Å². The molecule has 5 nitrogen and oxygen atoms in total. The number of phenolic OH excluding ortho intramolecular Hbond substituents is 1. The smallest absolute Gasteiger partial charge is 0.315 e. The predicted molar refractivity (Wildman–Crippen MR) is 83.6 cm³/mol. The van der Waals surface area contributed by atoms with Crippen LogP contribution in [0, 0.1) is 0 Å². The van der Waals surface area contributed by atoms with Crippen molar-refractivity contribution in [1.82, 2.24) is 15.6 Å². The van der Waals surface area contributed by atoms with Crippen molar-refractivity contribution in [3.05, 3.63) is 59.4 Å². The number of phenols is 1. The fraction of sp³-hybridized carbons (Fsp3) is 0.294. The summed E-state index contributed by atoms with van der Waals surface area (Å²) in [5.41, 5.74) is 2.92. The molecule has 1 atom stereocenters. The maximum Gasteiger partial charge on any atom is 0.315 e. The van der Waals surface area contributed by atoms with Crippen LogP contribution in [-0.2, 0) is 12.8 Å². The zero-order valence-electron chi connectivity index (χ0n) is 12.2. The Morgan fingerprint density at radius 1 is 1.27 bits per heavy atom. The number of urea groups is 1. The highest BCUT2D eigenvalue weighted by Crippen LogP contribution is 2.36. The Kier molecular flexibility index (Phi) is 4.23. The van der Waals surface area contributed by atoms with E-state index in [-0.39, 0.29) is 12.1 Å². The van der Waals surface area contributed by atoms with Crippen LogP contribution < -0.4 is 10.6 Å². The zero-order chi connectivity index (χ0) is 15.4. The molecule has 1 aromatic carbocycles. The Balaban J connectivity index is 1.50. The van der Waals surface area contributed by atoms with Gasteiger partial charge < -0.3 is 15.7 Å². The standard InChI is InChI=1S/C17H19N3O2/c21-16-6-3-5-13-14(16)7-8-15(13)20-17(22)19-11-9-12-4-1-2-10-18-12/h1-6,10,15,21H,7-9,11H2,(H2,19,20,22)/t15-/m1/s1. The lowest BCUT2D eigenvalue weighted by Crippen LogP contribution is -2.38. The second kappa shape index (κ2) is 6.47. The van der Waals surface area contributed by atoms with Crippen LogP contribution in [0.15, 0.2) is 42.6 Å². The van der Waals surface area contributed by atoms with Gasteiger partial charge in [-0.05, 0) is 42.2 Å². The summed E-state index contributed by atoms with van der Waals surface area (Å²) >= 11 is 0. The fourth-order valence-corrected chi connectivity index (χ4v) is 2.84. The molecule has 0 saturated heterocycles. The highest BCUT2D eigenvalue weighted by molar-refractivity contribution is 5.74. The van der Waals surface area contributed by atoms with Crippen LogP contribution in [0.2, 0.25) is 0 Å². The molecule has 3 rings (SSSR count). The number of hydrogen-bond acceptors (Lipinski definition) is 3. The van der Waals surface area contributed by atoms with E-state index >= 15 is 0 Å². The molecule has 0 radical (unpaired) electrons. The molecule has 1 aliphatic rings. The Labute approximate surface area is 129 Å². The topological polar surface area (TPSA) is 74.2 Å². The number of rotatable bonds is 4. The number of nitrogens with zero attached hydrogens (tertiary/aromatic N) is 1. The van der Waals surface area contributed by atoms with Crippen LogP contribution in [-0.4, -0.2) is 22.7 Å². The van der Waals surface area contributed by atoms with Crippen LogP contribution in [0.5, 0.6) is 5.75 Å². The number of aromatic hydroxyl groups is 1. The average molecular weight is 297 g/mol. The number of carbonyl (C=O) groups excluding carboxylic acids is 1. The third-order valence-corrected chi connectivity index (χ3v) is 3.94. The second-order valence-corrected chi connectivity index (χ2v) is 5.41. The normalized spacial score (nSPS) is 16.1. The molecule has 3 N–H and O–H groups in total. The van der Waals surface area contributed by atoms with Crippen molar-refractivity contribution >= 4 is 6.03 Å². The van der Waals surface area contributed by atoms with Crippen molar-refractivity contribution in [2.75, 3.05) is 6.54 Å². The predicted octanol–water partition coefficient (Wildman–Crippen LogP) is 2.32. The Morgan fingerprint density at radius 3 is 3.00 bits per heavy atom. The Bertz CT molecular complexity index is 658. The van der Waals surface area contributed by atoms with Gasteiger partial charge in [-0.15, -0.1) is 0 Å². The van der Waals surface area contributed by atoms with E-state index in [1.165, 1.54) is 0 Å². The highest BCUT2D eigenvalue weighted by Gasteiger charge is 2.25. The summed E-state index contributed by atoms with van der Waals surface area (Å²) in [5.74, 6) is 0.317. The number of amides is 2. The first-order valence-electron chi connectivity index (χ1n) is 7.49. The third kappa shape index (κ3) is 3.19. The molecule has 1 aliphatic carbocycles. The molecule has 5 heteroatoms. The molecule has 0 fully saturated rings. The average Bonchev–Trinajstić information content (AvgIpc) is 2.93. The summed E-state index contributed by atoms with van der Waals surface area (Å²) in [4.78, 5) is 16.2. The van der Waals surface area contributed by atoms with E-state index in [4.69, 9.17) is 0 Å². The van der Waals surface area contributed by atoms with E-state index in [0.29, 0.717) is 18.7 Å². The SMILES string of the molecule is O=C(NCCc1ccccn1)N[C@@H]1CCc2c(O)cccc21. The molecule has 1 aromatic heterocycles. The van der Waals surface area contributed by atoms with Crippen LogP contribution in [0.4, 0.5) is 4.79 Å². The number of benzene rings is 1. The van der Waals surface area contributed by atoms with Crippen molar-refractivity contribution in [2.45, 2.75) is 25.3 Å². The van der Waals surface area contributed by atoms with Gasteiger partial charge in [-0.2, -0.15) is 0 Å². The monoisotopic (exact) mass is 297 g/mol. The van der Waals surface area contributed by atoms with Crippen LogP contribution >= 0.6 is 0 Å². The molecular weight excluding hydrogens is 278 g/mol. The Morgan fingerprint density at radius 2 is 2.18 bits per heavy atom. The van der Waals surface area contributed by atoms with Crippen molar-refractivity contribution in [3.63, 3.8) is 0 Å². The lowest BCUT2D eigenvalue weighted by molar-refractivity contribution is 0.237. The minimum Gasteiger partial charge on any atom is -0.508 e. The van der Waals surface area contributed by atoms with E-state index in [0.717, 1.165) is 29.7 Å². The first kappa shape index (κ1) is 14.4.